The van der Waals surface area contributed by atoms with Crippen LogP contribution in [0.25, 0.3) is 0 Å². The molecule has 0 amide bonds. The fraction of sp³-hybridized carbons (Fsp3) is 1.00. The molecule has 0 aromatic heterocycles. The van der Waals surface area contributed by atoms with Crippen molar-refractivity contribution in [3.63, 3.8) is 0 Å². The maximum atomic E-state index is 2.80. The van der Waals surface area contributed by atoms with Crippen LogP contribution in [0.15, 0.2) is 0 Å². The quantitative estimate of drug-likeness (QED) is 0.655. The molecule has 5 heteroatoms. The lowest BCUT2D eigenvalue weighted by atomic mass is 10.2. The molecular weight excluding hydrogens is 208 g/mol. The van der Waals surface area contributed by atoms with Crippen LogP contribution in [0.1, 0.15) is 19.3 Å². The van der Waals surface area contributed by atoms with Crippen LogP contribution in [0.2, 0.25) is 19.6 Å². The smallest absolute Gasteiger partial charge is 0.159 e. The summed E-state index contributed by atoms with van der Waals surface area (Å²) >= 11 is 0. The van der Waals surface area contributed by atoms with Crippen LogP contribution in [0.3, 0.4) is 0 Å². The van der Waals surface area contributed by atoms with Crippen molar-refractivity contribution >= 4 is 28.5 Å². The van der Waals surface area contributed by atoms with E-state index in [-0.39, 0.29) is 18.8 Å². The molecule has 0 aromatic rings. The molecule has 1 saturated heterocycles. The highest BCUT2D eigenvalue weighted by molar-refractivity contribution is 6.72. The van der Waals surface area contributed by atoms with E-state index in [0.29, 0.717) is 0 Å². The number of hydrogen-bond acceptors (Lipinski definition) is 2. The SMILES string of the molecule is C[Si]N([SiH2]N1CCCCC1)[Si](C)C. The van der Waals surface area contributed by atoms with Crippen molar-refractivity contribution in [3.05, 3.63) is 0 Å². The molecular formula is C8H21N2Si3. The van der Waals surface area contributed by atoms with Gasteiger partial charge in [-0.1, -0.05) is 26.1 Å². The Morgan fingerprint density at radius 1 is 1.23 bits per heavy atom. The van der Waals surface area contributed by atoms with Crippen LogP contribution >= 0.6 is 0 Å². The van der Waals surface area contributed by atoms with E-state index in [0.717, 1.165) is 9.68 Å². The monoisotopic (exact) mass is 229 g/mol. The van der Waals surface area contributed by atoms with Gasteiger partial charge in [0, 0.05) is 0 Å². The van der Waals surface area contributed by atoms with Crippen molar-refractivity contribution in [1.82, 2.24) is 8.46 Å². The third-order valence-corrected chi connectivity index (χ3v) is 11.2. The summed E-state index contributed by atoms with van der Waals surface area (Å²) in [6, 6.07) is 0. The van der Waals surface area contributed by atoms with Gasteiger partial charge in [0.05, 0.1) is 0 Å². The van der Waals surface area contributed by atoms with Gasteiger partial charge in [-0.2, -0.15) is 0 Å². The second-order valence-corrected chi connectivity index (χ2v) is 10.9. The predicted octanol–water partition coefficient (Wildman–Crippen LogP) is 0.691. The maximum absolute atomic E-state index is 2.80. The zero-order chi connectivity index (χ0) is 9.68. The second kappa shape index (κ2) is 6.13. The molecule has 1 aliphatic rings. The zero-order valence-corrected chi connectivity index (χ0v) is 12.6. The van der Waals surface area contributed by atoms with Gasteiger partial charge in [0.1, 0.15) is 18.6 Å². The highest BCUT2D eigenvalue weighted by Gasteiger charge is 2.16. The Kier molecular flexibility index (Phi) is 5.49. The van der Waals surface area contributed by atoms with Gasteiger partial charge in [-0.05, 0) is 25.9 Å². The van der Waals surface area contributed by atoms with Gasteiger partial charge in [0.15, 0.2) is 9.84 Å². The molecule has 0 bridgehead atoms. The summed E-state index contributed by atoms with van der Waals surface area (Å²) < 4.78 is 5.56. The van der Waals surface area contributed by atoms with Crippen LogP contribution in [0.4, 0.5) is 0 Å². The molecule has 2 nitrogen and oxygen atoms in total. The van der Waals surface area contributed by atoms with E-state index in [4.69, 9.17) is 0 Å². The number of rotatable bonds is 4. The minimum absolute atomic E-state index is 0.0437. The Balaban J connectivity index is 2.27. The van der Waals surface area contributed by atoms with E-state index < -0.39 is 0 Å². The Morgan fingerprint density at radius 3 is 2.31 bits per heavy atom. The van der Waals surface area contributed by atoms with E-state index in [1.165, 1.54) is 32.4 Å². The molecule has 0 aromatic carbocycles. The van der Waals surface area contributed by atoms with Gasteiger partial charge in [-0.3, -0.25) is 0 Å². The fourth-order valence-electron chi connectivity index (χ4n) is 1.74. The van der Waals surface area contributed by atoms with Crippen molar-refractivity contribution in [1.29, 1.82) is 0 Å². The first-order chi connectivity index (χ1) is 6.24. The van der Waals surface area contributed by atoms with E-state index in [1.807, 2.05) is 0 Å². The summed E-state index contributed by atoms with van der Waals surface area (Å²) in [5, 5.41) is 0. The molecule has 0 saturated carbocycles. The first-order valence-electron chi connectivity index (χ1n) is 5.21. The van der Waals surface area contributed by atoms with E-state index in [1.54, 1.807) is 0 Å². The standard InChI is InChI=1S/C8H21N2Si3/c1-11-10(13(2)3)12-9-7-5-4-6-8-9/h4-8,12H2,1-3H3. The van der Waals surface area contributed by atoms with E-state index in [2.05, 4.69) is 28.1 Å². The molecule has 13 heavy (non-hydrogen) atoms. The highest BCUT2D eigenvalue weighted by Crippen LogP contribution is 2.08. The average molecular weight is 230 g/mol. The molecule has 1 aliphatic heterocycles. The summed E-state index contributed by atoms with van der Waals surface area (Å²) in [5.41, 5.74) is 0. The predicted molar refractivity (Wildman–Crippen MR) is 64.9 cm³/mol. The van der Waals surface area contributed by atoms with E-state index in [9.17, 15) is 0 Å². The number of hydrogen-bond donors (Lipinski definition) is 0. The van der Waals surface area contributed by atoms with Gasteiger partial charge in [0.2, 0.25) is 0 Å². The first kappa shape index (κ1) is 11.6. The number of piperidine rings is 1. The third kappa shape index (κ3) is 4.07. The fourth-order valence-corrected chi connectivity index (χ4v) is 7.55. The van der Waals surface area contributed by atoms with Crippen molar-refractivity contribution in [2.45, 2.75) is 38.9 Å². The summed E-state index contributed by atoms with van der Waals surface area (Å²) in [7, 11) is 0.852. The van der Waals surface area contributed by atoms with Gasteiger partial charge in [-0.15, -0.1) is 0 Å². The lowest BCUT2D eigenvalue weighted by Gasteiger charge is -2.33. The molecule has 0 N–H and O–H groups in total. The topological polar surface area (TPSA) is 6.48 Å². The van der Waals surface area contributed by atoms with Crippen molar-refractivity contribution in [3.8, 4) is 0 Å². The van der Waals surface area contributed by atoms with Crippen molar-refractivity contribution < 1.29 is 0 Å². The van der Waals surface area contributed by atoms with Gasteiger partial charge in [-0.25, -0.2) is 0 Å². The van der Waals surface area contributed by atoms with Gasteiger partial charge in [0.25, 0.3) is 0 Å². The zero-order valence-electron chi connectivity index (χ0n) is 9.14. The van der Waals surface area contributed by atoms with Crippen LogP contribution in [0.5, 0.6) is 0 Å². The van der Waals surface area contributed by atoms with Crippen LogP contribution in [0, 0.1) is 0 Å². The van der Waals surface area contributed by atoms with Crippen LogP contribution in [-0.4, -0.2) is 50.0 Å². The molecule has 0 aliphatic carbocycles. The molecule has 1 fully saturated rings. The summed E-state index contributed by atoms with van der Waals surface area (Å²) in [5.74, 6) is 0. The van der Waals surface area contributed by atoms with Crippen molar-refractivity contribution in [2.75, 3.05) is 13.1 Å². The molecule has 1 heterocycles. The molecule has 1 rings (SSSR count). The van der Waals surface area contributed by atoms with Crippen molar-refractivity contribution in [2.24, 2.45) is 0 Å². The maximum Gasteiger partial charge on any atom is 0.159 e. The molecule has 0 atom stereocenters. The molecule has 0 unspecified atom stereocenters. The second-order valence-electron chi connectivity index (χ2n) is 3.92. The summed E-state index contributed by atoms with van der Waals surface area (Å²) in [6.07, 6.45) is 4.36. The molecule has 3 radical (unpaired) electrons. The molecule has 75 valence electrons. The summed E-state index contributed by atoms with van der Waals surface area (Å²) in [6.45, 7) is 9.98. The Bertz CT molecular complexity index is 137. The normalized spacial score (nSPS) is 21.0. The lowest BCUT2D eigenvalue weighted by molar-refractivity contribution is 0.353. The number of nitrogens with zero attached hydrogens (tertiary/aromatic N) is 2. The highest BCUT2D eigenvalue weighted by atomic mass is 28.4. The minimum Gasteiger partial charge on any atom is -0.364 e. The molecule has 0 spiro atoms. The summed E-state index contributed by atoms with van der Waals surface area (Å²) in [4.78, 5) is 0. The lowest BCUT2D eigenvalue weighted by Crippen LogP contribution is -2.49. The Morgan fingerprint density at radius 2 is 1.85 bits per heavy atom. The Labute approximate surface area is 89.3 Å². The largest absolute Gasteiger partial charge is 0.364 e. The van der Waals surface area contributed by atoms with Crippen LogP contribution < -0.4 is 0 Å². The third-order valence-electron chi connectivity index (χ3n) is 2.60. The van der Waals surface area contributed by atoms with Gasteiger partial charge >= 0.3 is 0 Å². The minimum atomic E-state index is -0.157. The Hall–Kier alpha value is 0.571. The average Bonchev–Trinajstić information content (AvgIpc) is 2.15. The van der Waals surface area contributed by atoms with Gasteiger partial charge < -0.3 is 8.46 Å². The van der Waals surface area contributed by atoms with E-state index >= 15 is 0 Å². The first-order valence-corrected chi connectivity index (χ1v) is 10.4. The van der Waals surface area contributed by atoms with Crippen LogP contribution in [-0.2, 0) is 0 Å².